The lowest BCUT2D eigenvalue weighted by Gasteiger charge is -2.49. The summed E-state index contributed by atoms with van der Waals surface area (Å²) in [6, 6.07) is 28.5. The number of β-lactam (4-membered cyclic amide) rings is 1. The van der Waals surface area contributed by atoms with Crippen LogP contribution < -0.4 is 14.6 Å². The van der Waals surface area contributed by atoms with Gasteiger partial charge in [0.05, 0.1) is 23.4 Å². The van der Waals surface area contributed by atoms with Crippen molar-refractivity contribution < 1.29 is 32.3 Å². The first kappa shape index (κ1) is 35.7. The molecule has 0 saturated carbocycles. The minimum Gasteiger partial charge on any atom is -0.543 e. The van der Waals surface area contributed by atoms with Crippen molar-refractivity contribution in [1.82, 2.24) is 0 Å². The van der Waals surface area contributed by atoms with E-state index in [4.69, 9.17) is 13.5 Å². The molecule has 1 N–H and O–H groups in total. The Labute approximate surface area is 284 Å². The van der Waals surface area contributed by atoms with Crippen molar-refractivity contribution in [3.8, 4) is 16.9 Å². The third kappa shape index (κ3) is 7.21. The topological polar surface area (TPSA) is 85.3 Å². The van der Waals surface area contributed by atoms with E-state index in [1.165, 1.54) is 26.4 Å². The van der Waals surface area contributed by atoms with Gasteiger partial charge in [-0.2, -0.15) is 0 Å². The molecule has 0 radical (unpaired) electrons. The van der Waals surface area contributed by atoms with Gasteiger partial charge < -0.3 is 23.5 Å². The van der Waals surface area contributed by atoms with Crippen molar-refractivity contribution >= 4 is 32.8 Å². The Hall–Kier alpha value is -3.59. The molecule has 10 heteroatoms. The van der Waals surface area contributed by atoms with Crippen LogP contribution in [0.1, 0.15) is 56.9 Å². The quantitative estimate of drug-likeness (QED) is 0.0907. The Balaban J connectivity index is 1.55. The van der Waals surface area contributed by atoms with Gasteiger partial charge in [0.1, 0.15) is 11.6 Å². The van der Waals surface area contributed by atoms with E-state index >= 15 is 0 Å². The van der Waals surface area contributed by atoms with Crippen LogP contribution in [0.15, 0.2) is 97.1 Å². The molecule has 1 saturated heterocycles. The molecule has 1 fully saturated rings. The molecule has 254 valence electrons. The van der Waals surface area contributed by atoms with Gasteiger partial charge in [-0.15, -0.1) is 0 Å². The molecular weight excluding hydrogens is 644 g/mol. The Kier molecular flexibility index (Phi) is 10.5. The third-order valence-electron chi connectivity index (χ3n) is 9.76. The van der Waals surface area contributed by atoms with Crippen LogP contribution in [0.4, 0.5) is 10.1 Å². The number of nitrogens with zero attached hydrogens (tertiary/aromatic N) is 1. The number of halogens is 1. The molecule has 0 aliphatic carbocycles. The molecular formula is C38H45FNO6PSi. The second-order valence-corrected chi connectivity index (χ2v) is 20.7. The summed E-state index contributed by atoms with van der Waals surface area (Å²) in [6.45, 7) is 11.0. The first-order chi connectivity index (χ1) is 22.7. The SMILES string of the molecule is COP(=O)(OC)c1ccc(-c2ccc([C@@H]3[C@@H](CC[C@H](O)c4ccc(F)cc4)C(=O)N3c3ccccc3)c(O[Si](C)(C)C(C)(C)C)c2)cc1. The average molecular weight is 690 g/mol. The number of hydrogen-bond donors (Lipinski definition) is 1. The van der Waals surface area contributed by atoms with Gasteiger partial charge in [-0.1, -0.05) is 75.4 Å². The average Bonchev–Trinajstić information content (AvgIpc) is 3.07. The van der Waals surface area contributed by atoms with E-state index in [2.05, 4.69) is 33.9 Å². The lowest BCUT2D eigenvalue weighted by atomic mass is 9.77. The first-order valence-corrected chi connectivity index (χ1v) is 20.6. The largest absolute Gasteiger partial charge is 0.543 e. The third-order valence-corrected chi connectivity index (χ3v) is 16.0. The normalized spacial score (nSPS) is 17.6. The number of amides is 1. The Morgan fingerprint density at radius 1 is 0.896 bits per heavy atom. The van der Waals surface area contributed by atoms with Gasteiger partial charge in [0.2, 0.25) is 14.2 Å². The van der Waals surface area contributed by atoms with Crippen LogP contribution in [0.25, 0.3) is 11.1 Å². The molecule has 4 aromatic carbocycles. The van der Waals surface area contributed by atoms with Crippen LogP contribution in [0.3, 0.4) is 0 Å². The van der Waals surface area contributed by atoms with Crippen LogP contribution in [0.5, 0.6) is 5.75 Å². The van der Waals surface area contributed by atoms with Crippen molar-refractivity contribution in [2.24, 2.45) is 5.92 Å². The second kappa shape index (κ2) is 14.1. The molecule has 1 amide bonds. The lowest BCUT2D eigenvalue weighted by Crippen LogP contribution is -2.55. The molecule has 4 aromatic rings. The number of carbonyl (C=O) groups excluding carboxylic acids is 1. The highest BCUT2D eigenvalue weighted by molar-refractivity contribution is 7.62. The fourth-order valence-corrected chi connectivity index (χ4v) is 7.97. The predicted octanol–water partition coefficient (Wildman–Crippen LogP) is 9.21. The fourth-order valence-electron chi connectivity index (χ4n) is 5.85. The van der Waals surface area contributed by atoms with Crippen LogP contribution >= 0.6 is 7.60 Å². The van der Waals surface area contributed by atoms with Crippen molar-refractivity contribution in [3.63, 3.8) is 0 Å². The van der Waals surface area contributed by atoms with Crippen LogP contribution in [-0.4, -0.2) is 33.6 Å². The summed E-state index contributed by atoms with van der Waals surface area (Å²) in [5, 5.41) is 11.3. The number of aliphatic hydroxyl groups excluding tert-OH is 1. The van der Waals surface area contributed by atoms with Crippen LogP contribution in [0, 0.1) is 11.7 Å². The second-order valence-electron chi connectivity index (χ2n) is 13.8. The monoisotopic (exact) mass is 689 g/mol. The van der Waals surface area contributed by atoms with Crippen molar-refractivity contribution in [1.29, 1.82) is 0 Å². The molecule has 3 atom stereocenters. The highest BCUT2D eigenvalue weighted by Crippen LogP contribution is 2.51. The zero-order valence-corrected chi connectivity index (χ0v) is 30.5. The van der Waals surface area contributed by atoms with E-state index in [1.54, 1.807) is 24.3 Å². The highest BCUT2D eigenvalue weighted by Gasteiger charge is 2.50. The number of rotatable bonds is 12. The summed E-state index contributed by atoms with van der Waals surface area (Å²) in [6.07, 6.45) is -0.0473. The number of benzene rings is 4. The minimum atomic E-state index is -3.39. The molecule has 5 rings (SSSR count). The van der Waals surface area contributed by atoms with E-state index in [-0.39, 0.29) is 22.8 Å². The van der Waals surface area contributed by atoms with Gasteiger partial charge >= 0.3 is 7.60 Å². The van der Waals surface area contributed by atoms with Crippen molar-refractivity contribution in [2.75, 3.05) is 19.1 Å². The first-order valence-electron chi connectivity index (χ1n) is 16.2. The smallest absolute Gasteiger partial charge is 0.360 e. The molecule has 7 nitrogen and oxygen atoms in total. The van der Waals surface area contributed by atoms with Crippen molar-refractivity contribution in [3.05, 3.63) is 114 Å². The summed E-state index contributed by atoms with van der Waals surface area (Å²) in [5.74, 6) is -0.0666. The molecule has 0 aromatic heterocycles. The van der Waals surface area contributed by atoms with Crippen molar-refractivity contribution in [2.45, 2.75) is 63.9 Å². The number of anilines is 1. The standard InChI is InChI=1S/C38H45FNO6PSi/c1-38(2,3)48(6,7)46-35-25-28(26-15-20-31(21-16-26)47(43,44-4)45-5)17-22-32(35)36-33(37(42)40(36)30-11-9-8-10-12-30)23-24-34(41)27-13-18-29(39)19-14-27/h8-22,25,33-34,36,41H,23-24H2,1-7H3/t33-,34+,36-/m1/s1. The Morgan fingerprint density at radius 3 is 2.08 bits per heavy atom. The summed E-state index contributed by atoms with van der Waals surface area (Å²) in [5.41, 5.74) is 4.11. The van der Waals surface area contributed by atoms with Crippen LogP contribution in [0.2, 0.25) is 18.1 Å². The van der Waals surface area contributed by atoms with Gasteiger partial charge in [0, 0.05) is 25.5 Å². The maximum Gasteiger partial charge on any atom is 0.360 e. The zero-order valence-electron chi connectivity index (χ0n) is 28.6. The van der Waals surface area contributed by atoms with Gasteiger partial charge in [-0.3, -0.25) is 9.36 Å². The zero-order chi connectivity index (χ0) is 34.9. The molecule has 1 aliphatic heterocycles. The summed E-state index contributed by atoms with van der Waals surface area (Å²) in [4.78, 5) is 15.7. The number of carbonyl (C=O) groups is 1. The molecule has 0 unspecified atom stereocenters. The minimum absolute atomic E-state index is 0.0174. The number of para-hydroxylation sites is 1. The van der Waals surface area contributed by atoms with E-state index < -0.39 is 27.9 Å². The summed E-state index contributed by atoms with van der Waals surface area (Å²) >= 11 is 0. The molecule has 0 bridgehead atoms. The molecule has 0 spiro atoms. The number of aliphatic hydroxyl groups is 1. The summed E-state index contributed by atoms with van der Waals surface area (Å²) < 4.78 is 43.8. The highest BCUT2D eigenvalue weighted by atomic mass is 31.2. The molecule has 1 heterocycles. The van der Waals surface area contributed by atoms with Gasteiger partial charge in [0.15, 0.2) is 0 Å². The Morgan fingerprint density at radius 2 is 1.50 bits per heavy atom. The molecule has 1 aliphatic rings. The predicted molar refractivity (Wildman–Crippen MR) is 192 cm³/mol. The van der Waals surface area contributed by atoms with Crippen LogP contribution in [-0.2, 0) is 18.4 Å². The van der Waals surface area contributed by atoms with Gasteiger partial charge in [-0.05, 0) is 90.1 Å². The van der Waals surface area contributed by atoms with E-state index in [1.807, 2.05) is 65.6 Å². The van der Waals surface area contributed by atoms with E-state index in [0.717, 1.165) is 22.4 Å². The maximum absolute atomic E-state index is 13.9. The maximum atomic E-state index is 13.9. The number of hydrogen-bond acceptors (Lipinski definition) is 6. The fraction of sp³-hybridized carbons (Fsp3) is 0.342. The lowest BCUT2D eigenvalue weighted by molar-refractivity contribution is -0.131. The summed E-state index contributed by atoms with van der Waals surface area (Å²) in [7, 11) is -3.02. The molecule has 48 heavy (non-hydrogen) atoms. The van der Waals surface area contributed by atoms with Gasteiger partial charge in [-0.25, -0.2) is 4.39 Å². The van der Waals surface area contributed by atoms with E-state index in [0.29, 0.717) is 29.5 Å². The Bertz CT molecular complexity index is 1770. The van der Waals surface area contributed by atoms with Gasteiger partial charge in [0.25, 0.3) is 0 Å². The van der Waals surface area contributed by atoms with E-state index in [9.17, 15) is 18.9 Å².